The van der Waals surface area contributed by atoms with Gasteiger partial charge in [0.1, 0.15) is 18.1 Å². The topological polar surface area (TPSA) is 73.2 Å². The van der Waals surface area contributed by atoms with Gasteiger partial charge >= 0.3 is 0 Å². The van der Waals surface area contributed by atoms with Gasteiger partial charge in [0.15, 0.2) is 6.19 Å². The van der Waals surface area contributed by atoms with E-state index < -0.39 is 29.9 Å². The number of anilines is 1. The Morgan fingerprint density at radius 1 is 1.12 bits per heavy atom. The van der Waals surface area contributed by atoms with E-state index in [1.54, 1.807) is 36.5 Å². The van der Waals surface area contributed by atoms with Crippen molar-refractivity contribution in [1.29, 1.82) is 5.26 Å². The SMILES string of the molecule is N#CN(Cc1ccccc1)C(=O)CC(=O)Nc1cc(F)ccc1F. The fourth-order valence-corrected chi connectivity index (χ4v) is 1.97. The number of amides is 2. The summed E-state index contributed by atoms with van der Waals surface area (Å²) < 4.78 is 26.5. The summed E-state index contributed by atoms with van der Waals surface area (Å²) in [4.78, 5) is 24.6. The molecule has 2 aromatic rings. The highest BCUT2D eigenvalue weighted by Crippen LogP contribution is 2.15. The third kappa shape index (κ3) is 4.61. The quantitative estimate of drug-likeness (QED) is 0.521. The number of halogens is 2. The lowest BCUT2D eigenvalue weighted by Gasteiger charge is -2.14. The van der Waals surface area contributed by atoms with E-state index in [9.17, 15) is 18.4 Å². The smallest absolute Gasteiger partial charge is 0.245 e. The molecule has 0 aliphatic carbocycles. The first-order valence-electron chi connectivity index (χ1n) is 6.98. The van der Waals surface area contributed by atoms with Crippen molar-refractivity contribution in [2.75, 3.05) is 5.32 Å². The Labute approximate surface area is 137 Å². The van der Waals surface area contributed by atoms with Crippen molar-refractivity contribution in [3.63, 3.8) is 0 Å². The van der Waals surface area contributed by atoms with Crippen LogP contribution in [0, 0.1) is 23.1 Å². The largest absolute Gasteiger partial charge is 0.323 e. The standard InChI is InChI=1S/C17H13F2N3O2/c18-13-6-7-14(19)15(8-13)21-16(23)9-17(24)22(11-20)10-12-4-2-1-3-5-12/h1-8H,9-10H2,(H,21,23). The van der Waals surface area contributed by atoms with Crippen LogP contribution in [-0.2, 0) is 16.1 Å². The zero-order chi connectivity index (χ0) is 17.5. The lowest BCUT2D eigenvalue weighted by molar-refractivity contribution is -0.132. The van der Waals surface area contributed by atoms with Crippen LogP contribution >= 0.6 is 0 Å². The number of nitrogens with one attached hydrogen (secondary N) is 1. The summed E-state index contributed by atoms with van der Waals surface area (Å²) in [5, 5.41) is 11.2. The van der Waals surface area contributed by atoms with E-state index in [0.29, 0.717) is 0 Å². The predicted octanol–water partition coefficient (Wildman–Crippen LogP) is 2.80. The Kier molecular flexibility index (Phi) is 5.58. The number of benzene rings is 2. The van der Waals surface area contributed by atoms with E-state index in [2.05, 4.69) is 5.32 Å². The molecule has 7 heteroatoms. The maximum atomic E-state index is 13.5. The van der Waals surface area contributed by atoms with Crippen molar-refractivity contribution in [2.24, 2.45) is 0 Å². The maximum absolute atomic E-state index is 13.5. The lowest BCUT2D eigenvalue weighted by Crippen LogP contribution is -2.29. The minimum atomic E-state index is -0.835. The summed E-state index contributed by atoms with van der Waals surface area (Å²) in [6, 6.07) is 11.4. The van der Waals surface area contributed by atoms with Crippen LogP contribution in [0.15, 0.2) is 48.5 Å². The molecule has 2 rings (SSSR count). The number of nitriles is 1. The zero-order valence-corrected chi connectivity index (χ0v) is 12.5. The van der Waals surface area contributed by atoms with Gasteiger partial charge in [0.25, 0.3) is 0 Å². The molecular weight excluding hydrogens is 316 g/mol. The Balaban J connectivity index is 1.98. The number of rotatable bonds is 5. The Morgan fingerprint density at radius 3 is 2.50 bits per heavy atom. The molecule has 24 heavy (non-hydrogen) atoms. The number of carbonyl (C=O) groups excluding carboxylic acids is 2. The van der Waals surface area contributed by atoms with E-state index in [0.717, 1.165) is 28.7 Å². The third-order valence-corrected chi connectivity index (χ3v) is 3.12. The van der Waals surface area contributed by atoms with Gasteiger partial charge in [-0.05, 0) is 17.7 Å². The first-order valence-corrected chi connectivity index (χ1v) is 6.98. The third-order valence-electron chi connectivity index (χ3n) is 3.12. The van der Waals surface area contributed by atoms with Crippen LogP contribution in [0.2, 0.25) is 0 Å². The zero-order valence-electron chi connectivity index (χ0n) is 12.5. The highest BCUT2D eigenvalue weighted by atomic mass is 19.1. The van der Waals surface area contributed by atoms with Gasteiger partial charge in [-0.1, -0.05) is 30.3 Å². The van der Waals surface area contributed by atoms with E-state index in [1.807, 2.05) is 0 Å². The van der Waals surface area contributed by atoms with Crippen LogP contribution in [0.25, 0.3) is 0 Å². The molecule has 0 atom stereocenters. The fraction of sp³-hybridized carbons (Fsp3) is 0.118. The minimum Gasteiger partial charge on any atom is -0.323 e. The highest BCUT2D eigenvalue weighted by Gasteiger charge is 2.18. The summed E-state index contributed by atoms with van der Waals surface area (Å²) in [6.07, 6.45) is 1.05. The van der Waals surface area contributed by atoms with Crippen molar-refractivity contribution in [2.45, 2.75) is 13.0 Å². The van der Waals surface area contributed by atoms with Crippen molar-refractivity contribution >= 4 is 17.5 Å². The second kappa shape index (κ2) is 7.83. The molecule has 2 amide bonds. The average molecular weight is 329 g/mol. The normalized spacial score (nSPS) is 9.88. The summed E-state index contributed by atoms with van der Waals surface area (Å²) in [7, 11) is 0. The first-order chi connectivity index (χ1) is 11.5. The lowest BCUT2D eigenvalue weighted by atomic mass is 10.2. The van der Waals surface area contributed by atoms with Gasteiger partial charge in [0.05, 0.1) is 12.2 Å². The summed E-state index contributed by atoms with van der Waals surface area (Å²) in [5.74, 6) is -3.12. The molecule has 0 bridgehead atoms. The second-order valence-corrected chi connectivity index (χ2v) is 4.91. The molecule has 0 saturated heterocycles. The van der Waals surface area contributed by atoms with Gasteiger partial charge in [-0.3, -0.25) is 9.59 Å². The molecular formula is C17H13F2N3O2. The molecule has 0 spiro atoms. The van der Waals surface area contributed by atoms with Gasteiger partial charge in [-0.15, -0.1) is 0 Å². The Morgan fingerprint density at radius 2 is 1.83 bits per heavy atom. The van der Waals surface area contributed by atoms with Gasteiger partial charge in [0, 0.05) is 6.07 Å². The summed E-state index contributed by atoms with van der Waals surface area (Å²) >= 11 is 0. The van der Waals surface area contributed by atoms with E-state index in [-0.39, 0.29) is 12.2 Å². The molecule has 0 saturated carbocycles. The van der Waals surface area contributed by atoms with E-state index in [1.165, 1.54) is 0 Å². The molecule has 0 aliphatic heterocycles. The van der Waals surface area contributed by atoms with Crippen LogP contribution in [0.5, 0.6) is 0 Å². The molecule has 0 unspecified atom stereocenters. The first kappa shape index (κ1) is 17.1. The van der Waals surface area contributed by atoms with Gasteiger partial charge in [-0.2, -0.15) is 5.26 Å². The predicted molar refractivity (Wildman–Crippen MR) is 82.2 cm³/mol. The number of nitrogens with zero attached hydrogens (tertiary/aromatic N) is 2. The molecule has 0 radical (unpaired) electrons. The second-order valence-electron chi connectivity index (χ2n) is 4.91. The van der Waals surface area contributed by atoms with Gasteiger partial charge in [-0.25, -0.2) is 13.7 Å². The molecule has 1 N–H and O–H groups in total. The molecule has 2 aromatic carbocycles. The molecule has 5 nitrogen and oxygen atoms in total. The summed E-state index contributed by atoms with van der Waals surface area (Å²) in [6.45, 7) is 0.0256. The molecule has 122 valence electrons. The summed E-state index contributed by atoms with van der Waals surface area (Å²) in [5.41, 5.74) is 0.364. The monoisotopic (exact) mass is 329 g/mol. The van der Waals surface area contributed by atoms with Crippen molar-refractivity contribution in [1.82, 2.24) is 4.90 Å². The average Bonchev–Trinajstić information content (AvgIpc) is 2.56. The maximum Gasteiger partial charge on any atom is 0.245 e. The van der Waals surface area contributed by atoms with Crippen LogP contribution < -0.4 is 5.32 Å². The van der Waals surface area contributed by atoms with Crippen molar-refractivity contribution in [3.8, 4) is 6.19 Å². The van der Waals surface area contributed by atoms with E-state index >= 15 is 0 Å². The van der Waals surface area contributed by atoms with Crippen LogP contribution in [0.4, 0.5) is 14.5 Å². The number of hydrogen-bond acceptors (Lipinski definition) is 3. The number of hydrogen-bond donors (Lipinski definition) is 1. The van der Waals surface area contributed by atoms with Crippen molar-refractivity contribution < 1.29 is 18.4 Å². The van der Waals surface area contributed by atoms with Crippen LogP contribution in [0.3, 0.4) is 0 Å². The molecule has 0 aliphatic rings. The Hall–Kier alpha value is -3.27. The molecule has 0 heterocycles. The van der Waals surface area contributed by atoms with Gasteiger partial charge < -0.3 is 5.32 Å². The molecule has 0 fully saturated rings. The van der Waals surface area contributed by atoms with Crippen LogP contribution in [0.1, 0.15) is 12.0 Å². The minimum absolute atomic E-state index is 0.0256. The van der Waals surface area contributed by atoms with Crippen molar-refractivity contribution in [3.05, 3.63) is 65.7 Å². The van der Waals surface area contributed by atoms with Crippen LogP contribution in [-0.4, -0.2) is 16.7 Å². The van der Waals surface area contributed by atoms with E-state index in [4.69, 9.17) is 5.26 Å². The van der Waals surface area contributed by atoms with Gasteiger partial charge in [0.2, 0.25) is 11.8 Å². The Bertz CT molecular complexity index is 788. The highest BCUT2D eigenvalue weighted by molar-refractivity contribution is 6.03. The number of carbonyl (C=O) groups is 2. The molecule has 0 aromatic heterocycles. The fourth-order valence-electron chi connectivity index (χ4n) is 1.97.